The molecule has 0 fully saturated rings. The zero-order chi connectivity index (χ0) is 43.0. The lowest BCUT2D eigenvalue weighted by Gasteiger charge is -2.18. The first-order chi connectivity index (χ1) is 29.0. The van der Waals surface area contributed by atoms with Crippen LogP contribution in [0.25, 0.3) is 0 Å². The average molecular weight is 825 g/mol. The van der Waals surface area contributed by atoms with Crippen molar-refractivity contribution in [1.29, 1.82) is 0 Å². The van der Waals surface area contributed by atoms with E-state index in [4.69, 9.17) is 14.2 Å². The van der Waals surface area contributed by atoms with Gasteiger partial charge in [0.2, 0.25) is 0 Å². The maximum atomic E-state index is 12.7. The molecule has 0 spiro atoms. The van der Waals surface area contributed by atoms with Crippen LogP contribution in [0.4, 0.5) is 0 Å². The van der Waals surface area contributed by atoms with Gasteiger partial charge < -0.3 is 14.2 Å². The number of allylic oxidation sites excluding steroid dienone is 10. The highest BCUT2D eigenvalue weighted by molar-refractivity contribution is 5.71. The van der Waals surface area contributed by atoms with Crippen LogP contribution in [0.2, 0.25) is 0 Å². The molecular formula is C53H92O6. The van der Waals surface area contributed by atoms with Crippen LogP contribution in [0, 0.1) is 0 Å². The first-order valence-corrected chi connectivity index (χ1v) is 24.8. The van der Waals surface area contributed by atoms with Crippen molar-refractivity contribution in [3.05, 3.63) is 60.8 Å². The fourth-order valence-corrected chi connectivity index (χ4v) is 6.82. The van der Waals surface area contributed by atoms with Gasteiger partial charge in [-0.2, -0.15) is 0 Å². The number of hydrogen-bond acceptors (Lipinski definition) is 6. The highest BCUT2D eigenvalue weighted by Gasteiger charge is 2.19. The zero-order valence-corrected chi connectivity index (χ0v) is 38.8. The molecule has 0 aromatic rings. The molecule has 0 radical (unpaired) electrons. The molecule has 0 heterocycles. The normalized spacial score (nSPS) is 12.5. The SMILES string of the molecule is CC/C=C\C/C=C\C/C=C\C/C=C\C/C=C\CCCCCCCC(=O)OCC(COC(=O)CCCCCCCCC)OC(=O)CCCCCCCCCCCCCCC. The van der Waals surface area contributed by atoms with Crippen LogP contribution in [0.5, 0.6) is 0 Å². The van der Waals surface area contributed by atoms with E-state index in [0.29, 0.717) is 19.3 Å². The molecule has 0 saturated heterocycles. The van der Waals surface area contributed by atoms with Gasteiger partial charge in [-0.05, 0) is 64.2 Å². The summed E-state index contributed by atoms with van der Waals surface area (Å²) in [6.07, 6.45) is 57.9. The topological polar surface area (TPSA) is 78.9 Å². The van der Waals surface area contributed by atoms with Gasteiger partial charge in [-0.15, -0.1) is 0 Å². The van der Waals surface area contributed by atoms with Crippen LogP contribution in [-0.4, -0.2) is 37.2 Å². The molecule has 0 bridgehead atoms. The maximum Gasteiger partial charge on any atom is 0.306 e. The van der Waals surface area contributed by atoms with E-state index in [1.807, 2.05) is 0 Å². The summed E-state index contributed by atoms with van der Waals surface area (Å²) < 4.78 is 16.7. The standard InChI is InChI=1S/C53H92O6/c1-4-7-10-13-16-18-20-22-23-24-25-26-27-28-29-31-32-34-37-40-43-46-52(55)58-49-50(48-57-51(54)45-42-39-36-15-12-9-6-3)59-53(56)47-44-41-38-35-33-30-21-19-17-14-11-8-5-2/h7,10,16,18,22-23,25-26,28-29,50H,4-6,8-9,11-15,17,19-21,24,27,30-49H2,1-3H3/b10-7-,18-16-,23-22-,26-25-,29-28-. The summed E-state index contributed by atoms with van der Waals surface area (Å²) in [6.45, 7) is 6.46. The van der Waals surface area contributed by atoms with Crippen LogP contribution >= 0.6 is 0 Å². The molecule has 0 aromatic carbocycles. The summed E-state index contributed by atoms with van der Waals surface area (Å²) in [7, 11) is 0. The Labute approximate surface area is 364 Å². The Kier molecular flexibility index (Phi) is 45.4. The Hall–Kier alpha value is -2.89. The second-order valence-corrected chi connectivity index (χ2v) is 16.4. The molecular weight excluding hydrogens is 733 g/mol. The number of unbranched alkanes of at least 4 members (excludes halogenated alkanes) is 23. The summed E-state index contributed by atoms with van der Waals surface area (Å²) in [5.74, 6) is -0.902. The Morgan fingerprint density at radius 1 is 0.356 bits per heavy atom. The summed E-state index contributed by atoms with van der Waals surface area (Å²) >= 11 is 0. The van der Waals surface area contributed by atoms with E-state index < -0.39 is 6.10 Å². The van der Waals surface area contributed by atoms with Crippen molar-refractivity contribution in [2.45, 2.75) is 245 Å². The third-order valence-electron chi connectivity index (χ3n) is 10.5. The molecule has 0 saturated carbocycles. The van der Waals surface area contributed by atoms with E-state index in [-0.39, 0.29) is 31.1 Å². The smallest absolute Gasteiger partial charge is 0.306 e. The van der Waals surface area contributed by atoms with Crippen LogP contribution in [0.15, 0.2) is 60.8 Å². The van der Waals surface area contributed by atoms with Gasteiger partial charge in [0, 0.05) is 19.3 Å². The lowest BCUT2D eigenvalue weighted by atomic mass is 10.0. The van der Waals surface area contributed by atoms with E-state index >= 15 is 0 Å². The number of carbonyl (C=O) groups is 3. The van der Waals surface area contributed by atoms with Crippen LogP contribution in [-0.2, 0) is 28.6 Å². The van der Waals surface area contributed by atoms with Gasteiger partial charge in [-0.25, -0.2) is 0 Å². The molecule has 1 atom stereocenters. The van der Waals surface area contributed by atoms with E-state index in [1.165, 1.54) is 89.9 Å². The van der Waals surface area contributed by atoms with E-state index in [0.717, 1.165) is 109 Å². The second-order valence-electron chi connectivity index (χ2n) is 16.4. The molecule has 0 rings (SSSR count). The Balaban J connectivity index is 4.28. The number of rotatable bonds is 44. The Bertz CT molecular complexity index is 1090. The van der Waals surface area contributed by atoms with Gasteiger partial charge in [0.05, 0.1) is 0 Å². The fourth-order valence-electron chi connectivity index (χ4n) is 6.82. The van der Waals surface area contributed by atoms with Crippen molar-refractivity contribution >= 4 is 17.9 Å². The van der Waals surface area contributed by atoms with E-state index in [9.17, 15) is 14.4 Å². The minimum Gasteiger partial charge on any atom is -0.462 e. The van der Waals surface area contributed by atoms with Crippen molar-refractivity contribution in [1.82, 2.24) is 0 Å². The third kappa shape index (κ3) is 46.0. The minimum atomic E-state index is -0.776. The third-order valence-corrected chi connectivity index (χ3v) is 10.5. The quantitative estimate of drug-likeness (QED) is 0.0263. The molecule has 0 N–H and O–H groups in total. The first kappa shape index (κ1) is 56.1. The summed E-state index contributed by atoms with van der Waals surface area (Å²) in [5.41, 5.74) is 0. The largest absolute Gasteiger partial charge is 0.462 e. The molecule has 6 nitrogen and oxygen atoms in total. The van der Waals surface area contributed by atoms with Gasteiger partial charge in [-0.1, -0.05) is 216 Å². The predicted molar refractivity (Wildman–Crippen MR) is 251 cm³/mol. The Morgan fingerprint density at radius 2 is 0.661 bits per heavy atom. The van der Waals surface area contributed by atoms with Gasteiger partial charge >= 0.3 is 17.9 Å². The number of ether oxygens (including phenoxy) is 3. The van der Waals surface area contributed by atoms with E-state index in [1.54, 1.807) is 0 Å². The maximum absolute atomic E-state index is 12.7. The van der Waals surface area contributed by atoms with E-state index in [2.05, 4.69) is 81.5 Å². The zero-order valence-electron chi connectivity index (χ0n) is 38.8. The van der Waals surface area contributed by atoms with Gasteiger partial charge in [-0.3, -0.25) is 14.4 Å². The highest BCUT2D eigenvalue weighted by atomic mass is 16.6. The molecule has 340 valence electrons. The molecule has 0 aromatic heterocycles. The molecule has 0 amide bonds. The highest BCUT2D eigenvalue weighted by Crippen LogP contribution is 2.15. The van der Waals surface area contributed by atoms with Gasteiger partial charge in [0.15, 0.2) is 6.10 Å². The molecule has 0 aliphatic heterocycles. The molecule has 6 heteroatoms. The van der Waals surface area contributed by atoms with Crippen molar-refractivity contribution in [2.75, 3.05) is 13.2 Å². The van der Waals surface area contributed by atoms with Crippen LogP contribution in [0.1, 0.15) is 239 Å². The molecule has 0 aliphatic rings. The number of hydrogen-bond donors (Lipinski definition) is 0. The molecule has 0 aliphatic carbocycles. The van der Waals surface area contributed by atoms with Gasteiger partial charge in [0.1, 0.15) is 13.2 Å². The van der Waals surface area contributed by atoms with Crippen LogP contribution < -0.4 is 0 Å². The lowest BCUT2D eigenvalue weighted by molar-refractivity contribution is -0.167. The van der Waals surface area contributed by atoms with Crippen molar-refractivity contribution in [3.8, 4) is 0 Å². The summed E-state index contributed by atoms with van der Waals surface area (Å²) in [6, 6.07) is 0. The lowest BCUT2D eigenvalue weighted by Crippen LogP contribution is -2.30. The summed E-state index contributed by atoms with van der Waals surface area (Å²) in [5, 5.41) is 0. The van der Waals surface area contributed by atoms with Crippen molar-refractivity contribution < 1.29 is 28.6 Å². The average Bonchev–Trinajstić information content (AvgIpc) is 3.23. The summed E-state index contributed by atoms with van der Waals surface area (Å²) in [4.78, 5) is 37.7. The Morgan fingerprint density at radius 3 is 1.03 bits per heavy atom. The minimum absolute atomic E-state index is 0.0785. The van der Waals surface area contributed by atoms with Crippen LogP contribution in [0.3, 0.4) is 0 Å². The van der Waals surface area contributed by atoms with Crippen molar-refractivity contribution in [2.24, 2.45) is 0 Å². The first-order valence-electron chi connectivity index (χ1n) is 24.8. The monoisotopic (exact) mass is 825 g/mol. The molecule has 1 unspecified atom stereocenters. The fraction of sp³-hybridized carbons (Fsp3) is 0.755. The number of esters is 3. The van der Waals surface area contributed by atoms with Gasteiger partial charge in [0.25, 0.3) is 0 Å². The second kappa shape index (κ2) is 47.8. The molecule has 59 heavy (non-hydrogen) atoms. The number of carbonyl (C=O) groups excluding carboxylic acids is 3. The van der Waals surface area contributed by atoms with Crippen molar-refractivity contribution in [3.63, 3.8) is 0 Å². The predicted octanol–water partition coefficient (Wildman–Crippen LogP) is 16.1.